The molecule has 2 fully saturated rings. The molecule has 0 bridgehead atoms. The molecule has 1 N–H and O–H groups in total. The first-order chi connectivity index (χ1) is 18.6. The maximum Gasteiger partial charge on any atom is 0.573 e. The minimum absolute atomic E-state index is 0.0279. The minimum atomic E-state index is -4.75. The number of fused-ring (bicyclic) bond motifs is 1. The Balaban J connectivity index is 1.06. The van der Waals surface area contributed by atoms with E-state index in [-0.39, 0.29) is 18.1 Å². The highest BCUT2D eigenvalue weighted by Gasteiger charge is 2.54. The summed E-state index contributed by atoms with van der Waals surface area (Å²) in [4.78, 5) is 24.1. The Kier molecular flexibility index (Phi) is 7.69. The van der Waals surface area contributed by atoms with Gasteiger partial charge in [0.05, 0.1) is 11.9 Å². The van der Waals surface area contributed by atoms with Crippen LogP contribution in [0.2, 0.25) is 0 Å². The number of hydrogen-bond acceptors (Lipinski definition) is 5. The highest BCUT2D eigenvalue weighted by Crippen LogP contribution is 2.63. The van der Waals surface area contributed by atoms with Crippen molar-refractivity contribution in [2.24, 2.45) is 17.3 Å². The molecule has 1 spiro atoms. The molecule has 0 aliphatic heterocycles. The van der Waals surface area contributed by atoms with Crippen molar-refractivity contribution in [2.75, 3.05) is 25.5 Å². The van der Waals surface area contributed by atoms with E-state index < -0.39 is 6.36 Å². The number of para-hydroxylation sites is 1. The summed E-state index contributed by atoms with van der Waals surface area (Å²) in [5.41, 5.74) is 1.91. The normalized spacial score (nSPS) is 22.6. The molecule has 9 heteroatoms. The summed E-state index contributed by atoms with van der Waals surface area (Å²) >= 11 is 0. The Labute approximate surface area is 227 Å². The standard InChI is InChI=1S/C30H35F3N4O2/c1-37(2)28-24-8-3-4-9-25(24)35-26(36-28)11-10-22-18-29(22)14-12-20(13-15-29)19-34-27(38)17-21-6-5-7-23(16-21)39-30(31,32)33/h3-9,16,20,22H,10-15,17-19H2,1-2H3,(H,34,38). The summed E-state index contributed by atoms with van der Waals surface area (Å²) in [5, 5.41) is 4.05. The zero-order chi connectivity index (χ0) is 27.6. The number of carbonyl (C=O) groups excluding carboxylic acids is 1. The molecule has 1 aromatic heterocycles. The van der Waals surface area contributed by atoms with E-state index in [1.54, 1.807) is 6.07 Å². The first-order valence-electron chi connectivity index (χ1n) is 13.6. The molecule has 2 aliphatic carbocycles. The lowest BCUT2D eigenvalue weighted by molar-refractivity contribution is -0.274. The second kappa shape index (κ2) is 11.0. The van der Waals surface area contributed by atoms with Gasteiger partial charge in [0.25, 0.3) is 0 Å². The van der Waals surface area contributed by atoms with Gasteiger partial charge in [-0.1, -0.05) is 24.3 Å². The molecule has 3 aromatic rings. The topological polar surface area (TPSA) is 67.4 Å². The van der Waals surface area contributed by atoms with E-state index in [0.29, 0.717) is 29.4 Å². The van der Waals surface area contributed by atoms with Crippen LogP contribution in [0.1, 0.15) is 49.9 Å². The van der Waals surface area contributed by atoms with Crippen molar-refractivity contribution in [1.29, 1.82) is 0 Å². The first kappa shape index (κ1) is 27.2. The summed E-state index contributed by atoms with van der Waals surface area (Å²) in [6, 6.07) is 13.7. The van der Waals surface area contributed by atoms with Crippen LogP contribution in [0, 0.1) is 17.3 Å². The summed E-state index contributed by atoms with van der Waals surface area (Å²) in [6.45, 7) is 0.608. The van der Waals surface area contributed by atoms with Crippen LogP contribution in [0.25, 0.3) is 10.9 Å². The molecule has 0 saturated heterocycles. The van der Waals surface area contributed by atoms with Crippen LogP contribution >= 0.6 is 0 Å². The van der Waals surface area contributed by atoms with Gasteiger partial charge in [-0.15, -0.1) is 13.2 Å². The van der Waals surface area contributed by atoms with Gasteiger partial charge in [-0.3, -0.25) is 4.79 Å². The molecular weight excluding hydrogens is 505 g/mol. The van der Waals surface area contributed by atoms with E-state index in [1.165, 1.54) is 37.5 Å². The molecule has 5 rings (SSSR count). The smallest absolute Gasteiger partial charge is 0.406 e. The fraction of sp³-hybridized carbons (Fsp3) is 0.500. The molecule has 6 nitrogen and oxygen atoms in total. The van der Waals surface area contributed by atoms with E-state index in [0.717, 1.165) is 48.2 Å². The van der Waals surface area contributed by atoms with Gasteiger partial charge in [0.15, 0.2) is 0 Å². The van der Waals surface area contributed by atoms with Gasteiger partial charge in [-0.25, -0.2) is 9.97 Å². The van der Waals surface area contributed by atoms with E-state index in [9.17, 15) is 18.0 Å². The molecule has 1 atom stereocenters. The molecular formula is C30H35F3N4O2. The Morgan fingerprint density at radius 2 is 1.87 bits per heavy atom. The van der Waals surface area contributed by atoms with Gasteiger partial charge in [0.2, 0.25) is 5.91 Å². The number of carbonyl (C=O) groups is 1. The number of anilines is 1. The number of alkyl halides is 3. The van der Waals surface area contributed by atoms with Crippen LogP contribution in [0.5, 0.6) is 5.75 Å². The zero-order valence-electron chi connectivity index (χ0n) is 22.4. The summed E-state index contributed by atoms with van der Waals surface area (Å²) in [7, 11) is 4.03. The summed E-state index contributed by atoms with van der Waals surface area (Å²) < 4.78 is 41.3. The number of halogens is 3. The highest BCUT2D eigenvalue weighted by atomic mass is 19.4. The largest absolute Gasteiger partial charge is 0.573 e. The Bertz CT molecular complexity index is 1320. The third-order valence-corrected chi connectivity index (χ3v) is 8.31. The van der Waals surface area contributed by atoms with Crippen LogP contribution in [0.4, 0.5) is 19.0 Å². The lowest BCUT2D eigenvalue weighted by atomic mass is 9.78. The van der Waals surface area contributed by atoms with Gasteiger partial charge in [0.1, 0.15) is 17.4 Å². The second-order valence-electron chi connectivity index (χ2n) is 11.3. The van der Waals surface area contributed by atoms with Crippen LogP contribution < -0.4 is 15.0 Å². The van der Waals surface area contributed by atoms with E-state index in [1.807, 2.05) is 37.2 Å². The van der Waals surface area contributed by atoms with Crippen LogP contribution in [-0.2, 0) is 17.6 Å². The zero-order valence-corrected chi connectivity index (χ0v) is 22.4. The Morgan fingerprint density at radius 1 is 1.10 bits per heavy atom. The molecule has 2 aliphatic rings. The molecule has 1 unspecified atom stereocenters. The van der Waals surface area contributed by atoms with Gasteiger partial charge >= 0.3 is 6.36 Å². The van der Waals surface area contributed by atoms with Gasteiger partial charge in [-0.05, 0) is 85.6 Å². The number of aryl methyl sites for hydroxylation is 1. The van der Waals surface area contributed by atoms with E-state index >= 15 is 0 Å². The van der Waals surface area contributed by atoms with Gasteiger partial charge < -0.3 is 15.0 Å². The van der Waals surface area contributed by atoms with Crippen molar-refractivity contribution >= 4 is 22.6 Å². The fourth-order valence-electron chi connectivity index (χ4n) is 6.13. The Morgan fingerprint density at radius 3 is 2.62 bits per heavy atom. The first-order valence-corrected chi connectivity index (χ1v) is 13.6. The van der Waals surface area contributed by atoms with E-state index in [2.05, 4.69) is 16.1 Å². The molecule has 2 saturated carbocycles. The lowest BCUT2D eigenvalue weighted by Gasteiger charge is -2.29. The average Bonchev–Trinajstić information content (AvgIpc) is 3.57. The second-order valence-corrected chi connectivity index (χ2v) is 11.3. The summed E-state index contributed by atoms with van der Waals surface area (Å²) in [5.74, 6) is 2.52. The van der Waals surface area contributed by atoms with Crippen molar-refractivity contribution in [3.8, 4) is 5.75 Å². The van der Waals surface area contributed by atoms with Crippen molar-refractivity contribution in [3.63, 3.8) is 0 Å². The fourth-order valence-corrected chi connectivity index (χ4v) is 6.13. The quantitative estimate of drug-likeness (QED) is 0.356. The monoisotopic (exact) mass is 540 g/mol. The van der Waals surface area contributed by atoms with Crippen LogP contribution in [0.15, 0.2) is 48.5 Å². The molecule has 1 amide bonds. The predicted octanol–water partition coefficient (Wildman–Crippen LogP) is 6.08. The number of amides is 1. The SMILES string of the molecule is CN(C)c1nc(CCC2CC23CCC(CNC(=O)Cc2cccc(OC(F)(F)F)c2)CC3)nc2ccccc12. The average molecular weight is 541 g/mol. The minimum Gasteiger partial charge on any atom is -0.406 e. The Hall–Kier alpha value is -3.36. The van der Waals surface area contributed by atoms with Crippen LogP contribution in [-0.4, -0.2) is 42.9 Å². The highest BCUT2D eigenvalue weighted by molar-refractivity contribution is 5.89. The number of nitrogens with zero attached hydrogens (tertiary/aromatic N) is 3. The molecule has 208 valence electrons. The molecule has 1 heterocycles. The summed E-state index contributed by atoms with van der Waals surface area (Å²) in [6.07, 6.45) is 3.05. The number of ether oxygens (including phenoxy) is 1. The maximum absolute atomic E-state index is 12.4. The van der Waals surface area contributed by atoms with Crippen molar-refractivity contribution in [2.45, 2.75) is 57.7 Å². The predicted molar refractivity (Wildman–Crippen MR) is 145 cm³/mol. The maximum atomic E-state index is 12.4. The molecule has 0 radical (unpaired) electrons. The lowest BCUT2D eigenvalue weighted by Crippen LogP contribution is -2.32. The molecule has 2 aromatic carbocycles. The van der Waals surface area contributed by atoms with Gasteiger partial charge in [-0.2, -0.15) is 0 Å². The van der Waals surface area contributed by atoms with Crippen molar-refractivity contribution in [1.82, 2.24) is 15.3 Å². The third kappa shape index (κ3) is 6.81. The van der Waals surface area contributed by atoms with Crippen LogP contribution in [0.3, 0.4) is 0 Å². The van der Waals surface area contributed by atoms with Crippen molar-refractivity contribution in [3.05, 3.63) is 59.9 Å². The number of nitrogens with one attached hydrogen (secondary N) is 1. The van der Waals surface area contributed by atoms with Crippen molar-refractivity contribution < 1.29 is 22.7 Å². The number of rotatable bonds is 9. The number of hydrogen-bond donors (Lipinski definition) is 1. The van der Waals surface area contributed by atoms with E-state index in [4.69, 9.17) is 9.97 Å². The number of aromatic nitrogens is 2. The van der Waals surface area contributed by atoms with Gasteiger partial charge in [0, 0.05) is 32.4 Å². The third-order valence-electron chi connectivity index (χ3n) is 8.31. The number of benzene rings is 2. The molecule has 39 heavy (non-hydrogen) atoms.